The van der Waals surface area contributed by atoms with E-state index >= 15 is 0 Å². The summed E-state index contributed by atoms with van der Waals surface area (Å²) >= 11 is 4.29. The lowest BCUT2D eigenvalue weighted by molar-refractivity contribution is -0.128. The third kappa shape index (κ3) is 5.79. The molecule has 0 fully saturated rings. The zero-order chi connectivity index (χ0) is 14.3. The highest BCUT2D eigenvalue weighted by Gasteiger charge is 2.14. The molecule has 1 N–H and O–H groups in total. The average Bonchev–Trinajstić information content (AvgIpc) is 2.39. The molecule has 0 aliphatic rings. The minimum atomic E-state index is -0.392. The zero-order valence-corrected chi connectivity index (χ0v) is 12.2. The Morgan fingerprint density at radius 3 is 2.47 bits per heavy atom. The largest absolute Gasteiger partial charge is 0.355 e. The van der Waals surface area contributed by atoms with Crippen molar-refractivity contribution in [3.63, 3.8) is 0 Å². The Morgan fingerprint density at radius 1 is 1.26 bits per heavy atom. The quantitative estimate of drug-likeness (QED) is 0.767. The first-order chi connectivity index (χ1) is 9.00. The van der Waals surface area contributed by atoms with Crippen LogP contribution in [0, 0.1) is 0 Å². The minimum absolute atomic E-state index is 0.000858. The zero-order valence-electron chi connectivity index (χ0n) is 11.3. The van der Waals surface area contributed by atoms with Crippen LogP contribution in [0.5, 0.6) is 0 Å². The van der Waals surface area contributed by atoms with Gasteiger partial charge in [0, 0.05) is 27.1 Å². The average molecular weight is 280 g/mol. The molecule has 0 aliphatic carbocycles. The first kappa shape index (κ1) is 15.6. The summed E-state index contributed by atoms with van der Waals surface area (Å²) < 4.78 is 0. The van der Waals surface area contributed by atoms with Crippen LogP contribution in [0.3, 0.4) is 0 Å². The molecule has 2 amide bonds. The van der Waals surface area contributed by atoms with Crippen LogP contribution in [-0.4, -0.2) is 42.6 Å². The van der Waals surface area contributed by atoms with E-state index in [0.29, 0.717) is 19.4 Å². The molecule has 1 atom stereocenters. The van der Waals surface area contributed by atoms with Crippen LogP contribution in [0.4, 0.5) is 0 Å². The van der Waals surface area contributed by atoms with Gasteiger partial charge >= 0.3 is 0 Å². The van der Waals surface area contributed by atoms with Crippen LogP contribution in [0.15, 0.2) is 30.3 Å². The molecule has 0 aliphatic heterocycles. The van der Waals surface area contributed by atoms with E-state index in [2.05, 4.69) is 17.9 Å². The fraction of sp³-hybridized carbons (Fsp3) is 0.429. The molecular formula is C14H20N2O2S. The van der Waals surface area contributed by atoms with E-state index in [1.54, 1.807) is 14.1 Å². The predicted octanol–water partition coefficient (Wildman–Crippen LogP) is 1.12. The van der Waals surface area contributed by atoms with E-state index in [4.69, 9.17) is 0 Å². The third-order valence-electron chi connectivity index (χ3n) is 2.71. The lowest BCUT2D eigenvalue weighted by Crippen LogP contribution is -2.35. The molecule has 0 spiro atoms. The van der Waals surface area contributed by atoms with E-state index in [0.717, 1.165) is 5.56 Å². The Morgan fingerprint density at radius 2 is 1.89 bits per heavy atom. The molecule has 1 aromatic rings. The highest BCUT2D eigenvalue weighted by molar-refractivity contribution is 7.81. The highest BCUT2D eigenvalue weighted by Crippen LogP contribution is 2.07. The van der Waals surface area contributed by atoms with Crippen molar-refractivity contribution in [3.05, 3.63) is 35.9 Å². The van der Waals surface area contributed by atoms with E-state index in [9.17, 15) is 9.59 Å². The van der Waals surface area contributed by atoms with Crippen LogP contribution in [0.2, 0.25) is 0 Å². The predicted molar refractivity (Wildman–Crippen MR) is 79.2 cm³/mol. The molecule has 0 aromatic heterocycles. The summed E-state index contributed by atoms with van der Waals surface area (Å²) in [5, 5.41) is 2.33. The van der Waals surface area contributed by atoms with E-state index in [-0.39, 0.29) is 11.8 Å². The number of carbonyl (C=O) groups is 2. The molecule has 5 heteroatoms. The van der Waals surface area contributed by atoms with Gasteiger partial charge in [-0.1, -0.05) is 30.3 Å². The van der Waals surface area contributed by atoms with Gasteiger partial charge in [0.1, 0.15) is 0 Å². The lowest BCUT2D eigenvalue weighted by atomic mass is 10.1. The van der Waals surface area contributed by atoms with Gasteiger partial charge < -0.3 is 10.2 Å². The Hall–Kier alpha value is -1.49. The molecule has 0 saturated heterocycles. The van der Waals surface area contributed by atoms with Gasteiger partial charge in [-0.05, 0) is 12.0 Å². The van der Waals surface area contributed by atoms with Crippen LogP contribution in [0.1, 0.15) is 12.0 Å². The molecule has 0 radical (unpaired) electrons. The van der Waals surface area contributed by atoms with Gasteiger partial charge in [0.05, 0.1) is 5.25 Å². The summed E-state index contributed by atoms with van der Waals surface area (Å²) in [7, 11) is 3.39. The summed E-state index contributed by atoms with van der Waals surface area (Å²) in [5.41, 5.74) is 1.07. The molecule has 104 valence electrons. The van der Waals surface area contributed by atoms with Crippen LogP contribution >= 0.6 is 12.6 Å². The number of thiol groups is 1. The first-order valence-corrected chi connectivity index (χ1v) is 6.72. The van der Waals surface area contributed by atoms with Gasteiger partial charge in [-0.15, -0.1) is 0 Å². The van der Waals surface area contributed by atoms with Crippen LogP contribution in [0.25, 0.3) is 0 Å². The maximum Gasteiger partial charge on any atom is 0.233 e. The summed E-state index contributed by atoms with van der Waals surface area (Å²) in [4.78, 5) is 24.6. The monoisotopic (exact) mass is 280 g/mol. The molecule has 0 bridgehead atoms. The topological polar surface area (TPSA) is 49.4 Å². The smallest absolute Gasteiger partial charge is 0.233 e. The van der Waals surface area contributed by atoms with E-state index < -0.39 is 5.25 Å². The number of hydrogen-bond donors (Lipinski definition) is 2. The normalized spacial score (nSPS) is 11.7. The van der Waals surface area contributed by atoms with Gasteiger partial charge in [0.2, 0.25) is 11.8 Å². The SMILES string of the molecule is CN(C)C(=O)CCNC(=O)C(S)Cc1ccccc1. The van der Waals surface area contributed by atoms with Crippen molar-refractivity contribution in [1.82, 2.24) is 10.2 Å². The highest BCUT2D eigenvalue weighted by atomic mass is 32.1. The third-order valence-corrected chi connectivity index (χ3v) is 3.13. The first-order valence-electron chi connectivity index (χ1n) is 6.20. The van der Waals surface area contributed by atoms with Crippen molar-refractivity contribution in [2.45, 2.75) is 18.1 Å². The Labute approximate surface area is 119 Å². The van der Waals surface area contributed by atoms with Gasteiger partial charge in [-0.2, -0.15) is 12.6 Å². The van der Waals surface area contributed by atoms with Crippen molar-refractivity contribution in [2.75, 3.05) is 20.6 Å². The van der Waals surface area contributed by atoms with Crippen molar-refractivity contribution < 1.29 is 9.59 Å². The van der Waals surface area contributed by atoms with Crippen LogP contribution < -0.4 is 5.32 Å². The van der Waals surface area contributed by atoms with E-state index in [1.807, 2.05) is 30.3 Å². The number of nitrogens with zero attached hydrogens (tertiary/aromatic N) is 1. The molecule has 4 nitrogen and oxygen atoms in total. The molecule has 0 heterocycles. The van der Waals surface area contributed by atoms with Crippen molar-refractivity contribution in [3.8, 4) is 0 Å². The summed E-state index contributed by atoms with van der Waals surface area (Å²) in [5.74, 6) is -0.141. The number of carbonyl (C=O) groups excluding carboxylic acids is 2. The fourth-order valence-electron chi connectivity index (χ4n) is 1.56. The number of nitrogens with one attached hydrogen (secondary N) is 1. The van der Waals surface area contributed by atoms with Gasteiger partial charge in [-0.25, -0.2) is 0 Å². The second kappa shape index (κ2) is 7.84. The number of rotatable bonds is 6. The van der Waals surface area contributed by atoms with Gasteiger partial charge in [0.25, 0.3) is 0 Å². The number of hydrogen-bond acceptors (Lipinski definition) is 3. The number of benzene rings is 1. The fourth-order valence-corrected chi connectivity index (χ4v) is 1.87. The molecule has 1 aromatic carbocycles. The Kier molecular flexibility index (Phi) is 6.42. The Bertz CT molecular complexity index is 421. The minimum Gasteiger partial charge on any atom is -0.355 e. The van der Waals surface area contributed by atoms with Crippen molar-refractivity contribution in [2.24, 2.45) is 0 Å². The summed E-state index contributed by atoms with van der Waals surface area (Å²) in [6.45, 7) is 0.349. The van der Waals surface area contributed by atoms with Gasteiger partial charge in [-0.3, -0.25) is 9.59 Å². The molecule has 0 saturated carbocycles. The van der Waals surface area contributed by atoms with Gasteiger partial charge in [0.15, 0.2) is 0 Å². The van der Waals surface area contributed by atoms with E-state index in [1.165, 1.54) is 4.90 Å². The van der Waals surface area contributed by atoms with Crippen LogP contribution in [-0.2, 0) is 16.0 Å². The molecule has 1 unspecified atom stereocenters. The Balaban J connectivity index is 2.31. The maximum absolute atomic E-state index is 11.8. The second-order valence-corrected chi connectivity index (χ2v) is 5.16. The maximum atomic E-state index is 11.8. The number of amides is 2. The van der Waals surface area contributed by atoms with Crippen molar-refractivity contribution in [1.29, 1.82) is 0 Å². The molecular weight excluding hydrogens is 260 g/mol. The lowest BCUT2D eigenvalue weighted by Gasteiger charge is -2.13. The van der Waals surface area contributed by atoms with Crippen molar-refractivity contribution >= 4 is 24.4 Å². The summed E-state index contributed by atoms with van der Waals surface area (Å²) in [6.07, 6.45) is 0.891. The second-order valence-electron chi connectivity index (χ2n) is 4.53. The molecule has 1 rings (SSSR count). The summed E-state index contributed by atoms with van der Waals surface area (Å²) in [6, 6.07) is 9.73. The molecule has 19 heavy (non-hydrogen) atoms. The standard InChI is InChI=1S/C14H20N2O2S/c1-16(2)13(17)8-9-15-14(18)12(19)10-11-6-4-3-5-7-11/h3-7,12,19H,8-10H2,1-2H3,(H,15,18).